The van der Waals surface area contributed by atoms with E-state index in [1.807, 2.05) is 24.3 Å². The van der Waals surface area contributed by atoms with Crippen LogP contribution >= 0.6 is 11.6 Å². The molecule has 0 saturated carbocycles. The number of nitrogens with zero attached hydrogens (tertiary/aromatic N) is 3. The van der Waals surface area contributed by atoms with Crippen molar-refractivity contribution in [1.82, 2.24) is 15.0 Å². The summed E-state index contributed by atoms with van der Waals surface area (Å²) in [5.41, 5.74) is 6.63. The standard InChI is InChI=1S/C27H22ClN3/c28-27-30-25(23-15-7-13-21(17-23)19-9-3-1-4-10-19)29-26(31-27)24-16-8-14-22(18-24)20-11-5-2-6-12-20/h3,5,7-18H,1-2,4,6H2. The summed E-state index contributed by atoms with van der Waals surface area (Å²) in [4.78, 5) is 13.6. The third-order valence-corrected chi connectivity index (χ3v) is 5.68. The quantitative estimate of drug-likeness (QED) is 0.441. The normalized spacial score (nSPS) is 15.5. The molecule has 0 unspecified atom stereocenters. The molecule has 2 aliphatic rings. The summed E-state index contributed by atoms with van der Waals surface area (Å²) >= 11 is 6.32. The number of hydrogen-bond donors (Lipinski definition) is 0. The number of allylic oxidation sites excluding steroid dienone is 8. The SMILES string of the molecule is Clc1nc(-c2cccc(C3=CCCC=C3)c2)nc(-c2cccc(C3=CCCC=C3)c2)n1. The molecule has 0 amide bonds. The molecule has 1 heterocycles. The Balaban J connectivity index is 1.52. The molecular formula is C27H22ClN3. The number of benzene rings is 2. The van der Waals surface area contributed by atoms with E-state index in [1.165, 1.54) is 11.1 Å². The number of halogens is 1. The van der Waals surface area contributed by atoms with Crippen LogP contribution in [0.2, 0.25) is 5.28 Å². The maximum absolute atomic E-state index is 6.32. The van der Waals surface area contributed by atoms with Gasteiger partial charge in [-0.3, -0.25) is 0 Å². The van der Waals surface area contributed by atoms with Crippen molar-refractivity contribution in [3.63, 3.8) is 0 Å². The highest BCUT2D eigenvalue weighted by atomic mass is 35.5. The molecular weight excluding hydrogens is 402 g/mol. The zero-order chi connectivity index (χ0) is 21.0. The monoisotopic (exact) mass is 423 g/mol. The van der Waals surface area contributed by atoms with Gasteiger partial charge in [0.05, 0.1) is 0 Å². The van der Waals surface area contributed by atoms with Crippen molar-refractivity contribution < 1.29 is 0 Å². The van der Waals surface area contributed by atoms with Crippen molar-refractivity contribution in [2.24, 2.45) is 0 Å². The number of rotatable bonds is 4. The Morgan fingerprint density at radius 3 is 1.52 bits per heavy atom. The molecule has 3 aromatic rings. The minimum absolute atomic E-state index is 0.198. The number of aromatic nitrogens is 3. The van der Waals surface area contributed by atoms with Gasteiger partial charge in [-0.15, -0.1) is 0 Å². The Labute approximate surface area is 187 Å². The first-order valence-corrected chi connectivity index (χ1v) is 11.0. The lowest BCUT2D eigenvalue weighted by Gasteiger charge is -2.11. The zero-order valence-electron chi connectivity index (χ0n) is 17.1. The Bertz CT molecular complexity index is 1160. The average molecular weight is 424 g/mol. The maximum atomic E-state index is 6.32. The van der Waals surface area contributed by atoms with E-state index in [9.17, 15) is 0 Å². The van der Waals surface area contributed by atoms with E-state index >= 15 is 0 Å². The minimum atomic E-state index is 0.198. The summed E-state index contributed by atoms with van der Waals surface area (Å²) < 4.78 is 0. The van der Waals surface area contributed by atoms with Gasteiger partial charge in [0.2, 0.25) is 5.28 Å². The van der Waals surface area contributed by atoms with Crippen molar-refractivity contribution in [3.05, 3.63) is 101 Å². The van der Waals surface area contributed by atoms with Crippen molar-refractivity contribution in [2.75, 3.05) is 0 Å². The van der Waals surface area contributed by atoms with E-state index < -0.39 is 0 Å². The first kappa shape index (κ1) is 19.7. The van der Waals surface area contributed by atoms with E-state index in [2.05, 4.69) is 70.7 Å². The van der Waals surface area contributed by atoms with E-state index in [0.717, 1.165) is 47.9 Å². The zero-order valence-corrected chi connectivity index (χ0v) is 17.9. The molecule has 31 heavy (non-hydrogen) atoms. The molecule has 0 bridgehead atoms. The lowest BCUT2D eigenvalue weighted by Crippen LogP contribution is -1.98. The Hall–Kier alpha value is -3.30. The molecule has 2 aliphatic carbocycles. The summed E-state index contributed by atoms with van der Waals surface area (Å²) in [5.74, 6) is 1.17. The molecule has 0 aliphatic heterocycles. The van der Waals surface area contributed by atoms with Crippen molar-refractivity contribution in [3.8, 4) is 22.8 Å². The summed E-state index contributed by atoms with van der Waals surface area (Å²) in [6, 6.07) is 16.6. The Morgan fingerprint density at radius 2 is 1.06 bits per heavy atom. The van der Waals surface area contributed by atoms with E-state index in [0.29, 0.717) is 11.6 Å². The molecule has 0 saturated heterocycles. The third kappa shape index (κ3) is 4.42. The van der Waals surface area contributed by atoms with Gasteiger partial charge in [-0.2, -0.15) is 9.97 Å². The van der Waals surface area contributed by atoms with Crippen LogP contribution in [0.15, 0.2) is 85.0 Å². The second-order valence-corrected chi connectivity index (χ2v) is 8.03. The van der Waals surface area contributed by atoms with Crippen LogP contribution in [-0.2, 0) is 0 Å². The van der Waals surface area contributed by atoms with Gasteiger partial charge in [-0.25, -0.2) is 4.98 Å². The van der Waals surface area contributed by atoms with Crippen LogP contribution in [-0.4, -0.2) is 15.0 Å². The highest BCUT2D eigenvalue weighted by molar-refractivity contribution is 6.28. The Morgan fingerprint density at radius 1 is 0.581 bits per heavy atom. The number of hydrogen-bond acceptors (Lipinski definition) is 3. The lowest BCUT2D eigenvalue weighted by atomic mass is 9.97. The largest absolute Gasteiger partial charge is 0.226 e. The van der Waals surface area contributed by atoms with E-state index in [4.69, 9.17) is 16.6 Å². The van der Waals surface area contributed by atoms with Crippen LogP contribution in [0, 0.1) is 0 Å². The molecule has 152 valence electrons. The minimum Gasteiger partial charge on any atom is -0.208 e. The molecule has 0 atom stereocenters. The van der Waals surface area contributed by atoms with Crippen molar-refractivity contribution in [1.29, 1.82) is 0 Å². The molecule has 0 radical (unpaired) electrons. The topological polar surface area (TPSA) is 38.7 Å². The third-order valence-electron chi connectivity index (χ3n) is 5.51. The molecule has 5 rings (SSSR count). The highest BCUT2D eigenvalue weighted by Gasteiger charge is 2.12. The summed E-state index contributed by atoms with van der Waals surface area (Å²) in [7, 11) is 0. The van der Waals surface area contributed by atoms with Gasteiger partial charge in [-0.1, -0.05) is 72.9 Å². The van der Waals surface area contributed by atoms with E-state index in [1.54, 1.807) is 0 Å². The van der Waals surface area contributed by atoms with Crippen LogP contribution in [0.25, 0.3) is 33.9 Å². The van der Waals surface area contributed by atoms with Crippen LogP contribution < -0.4 is 0 Å². The molecule has 2 aromatic carbocycles. The average Bonchev–Trinajstić information content (AvgIpc) is 2.85. The van der Waals surface area contributed by atoms with Crippen molar-refractivity contribution >= 4 is 22.7 Å². The van der Waals surface area contributed by atoms with Gasteiger partial charge in [0, 0.05) is 11.1 Å². The molecule has 0 fully saturated rings. The van der Waals surface area contributed by atoms with Crippen LogP contribution in [0.5, 0.6) is 0 Å². The second-order valence-electron chi connectivity index (χ2n) is 7.69. The molecule has 0 N–H and O–H groups in total. The smallest absolute Gasteiger partial charge is 0.208 e. The Kier molecular flexibility index (Phi) is 5.59. The second kappa shape index (κ2) is 8.83. The fraction of sp³-hybridized carbons (Fsp3) is 0.148. The van der Waals surface area contributed by atoms with Crippen LogP contribution in [0.3, 0.4) is 0 Å². The highest BCUT2D eigenvalue weighted by Crippen LogP contribution is 2.29. The predicted octanol–water partition coefficient (Wildman–Crippen LogP) is 7.33. The summed E-state index contributed by atoms with van der Waals surface area (Å²) in [5, 5.41) is 0.198. The maximum Gasteiger partial charge on any atom is 0.226 e. The lowest BCUT2D eigenvalue weighted by molar-refractivity contribution is 1.04. The molecule has 1 aromatic heterocycles. The van der Waals surface area contributed by atoms with Gasteiger partial charge in [0.25, 0.3) is 0 Å². The molecule has 3 nitrogen and oxygen atoms in total. The van der Waals surface area contributed by atoms with Gasteiger partial charge >= 0.3 is 0 Å². The molecule has 4 heteroatoms. The van der Waals surface area contributed by atoms with Crippen LogP contribution in [0.1, 0.15) is 36.8 Å². The fourth-order valence-corrected chi connectivity index (χ4v) is 4.10. The van der Waals surface area contributed by atoms with Gasteiger partial charge in [-0.05, 0) is 71.7 Å². The summed E-state index contributed by atoms with van der Waals surface area (Å²) in [6.07, 6.45) is 17.6. The van der Waals surface area contributed by atoms with Gasteiger partial charge < -0.3 is 0 Å². The first-order chi connectivity index (χ1) is 15.3. The van der Waals surface area contributed by atoms with Crippen molar-refractivity contribution in [2.45, 2.75) is 25.7 Å². The predicted molar refractivity (Wildman–Crippen MR) is 128 cm³/mol. The van der Waals surface area contributed by atoms with Gasteiger partial charge in [0.15, 0.2) is 11.6 Å². The van der Waals surface area contributed by atoms with Crippen LogP contribution in [0.4, 0.5) is 0 Å². The fourth-order valence-electron chi connectivity index (χ4n) is 3.94. The first-order valence-electron chi connectivity index (χ1n) is 10.6. The van der Waals surface area contributed by atoms with Gasteiger partial charge in [0.1, 0.15) is 0 Å². The molecule has 0 spiro atoms. The van der Waals surface area contributed by atoms with E-state index in [-0.39, 0.29) is 5.28 Å². The summed E-state index contributed by atoms with van der Waals surface area (Å²) in [6.45, 7) is 0.